The smallest absolute Gasteiger partial charge is 0.306 e. The summed E-state index contributed by atoms with van der Waals surface area (Å²) in [6.07, 6.45) is 3.15. The Hall–Kier alpha value is -4.08. The second kappa shape index (κ2) is 9.19. The standard InChI is InChI=1S/C23H25N7O3/c1-5-33-21(32)9-8-20(31)27-19-11-16(4)28-30(19)23-17-12-26-29(22(17)24-13-25-23)18-7-6-14(2)10-15(18)3/h6-7,10-13H,5,8-9H2,1-4H3,(H,27,31). The zero-order valence-corrected chi connectivity index (χ0v) is 19.0. The summed E-state index contributed by atoms with van der Waals surface area (Å²) in [6.45, 7) is 7.90. The molecule has 1 aromatic carbocycles. The van der Waals surface area contributed by atoms with Crippen LogP contribution >= 0.6 is 0 Å². The lowest BCUT2D eigenvalue weighted by Crippen LogP contribution is -2.17. The summed E-state index contributed by atoms with van der Waals surface area (Å²) in [5, 5.41) is 12.5. The van der Waals surface area contributed by atoms with Crippen LogP contribution in [0.2, 0.25) is 0 Å². The molecule has 0 atom stereocenters. The third-order valence-corrected chi connectivity index (χ3v) is 5.09. The first kappa shape index (κ1) is 22.1. The second-order valence-corrected chi connectivity index (χ2v) is 7.72. The predicted octanol–water partition coefficient (Wildman–Crippen LogP) is 3.21. The van der Waals surface area contributed by atoms with E-state index in [1.165, 1.54) is 11.9 Å². The number of carbonyl (C=O) groups excluding carboxylic acids is 2. The fraction of sp³-hybridized carbons (Fsp3) is 0.304. The Labute approximate surface area is 190 Å². The molecule has 4 rings (SSSR count). The summed E-state index contributed by atoms with van der Waals surface area (Å²) < 4.78 is 8.20. The van der Waals surface area contributed by atoms with E-state index < -0.39 is 5.97 Å². The van der Waals surface area contributed by atoms with E-state index in [0.717, 1.165) is 11.3 Å². The van der Waals surface area contributed by atoms with Crippen molar-refractivity contribution in [2.24, 2.45) is 0 Å². The van der Waals surface area contributed by atoms with Crippen LogP contribution in [-0.2, 0) is 14.3 Å². The van der Waals surface area contributed by atoms with E-state index in [2.05, 4.69) is 31.5 Å². The van der Waals surface area contributed by atoms with Crippen molar-refractivity contribution in [1.82, 2.24) is 29.5 Å². The Bertz CT molecular complexity index is 1340. The van der Waals surface area contributed by atoms with E-state index >= 15 is 0 Å². The summed E-state index contributed by atoms with van der Waals surface area (Å²) in [6, 6.07) is 7.86. The quantitative estimate of drug-likeness (QED) is 0.432. The molecule has 3 aromatic heterocycles. The number of benzene rings is 1. The van der Waals surface area contributed by atoms with E-state index in [1.54, 1.807) is 28.6 Å². The van der Waals surface area contributed by atoms with Crippen molar-refractivity contribution < 1.29 is 14.3 Å². The molecule has 0 bridgehead atoms. The fourth-order valence-electron chi connectivity index (χ4n) is 3.62. The number of amides is 1. The summed E-state index contributed by atoms with van der Waals surface area (Å²) in [5.41, 5.74) is 4.48. The number of hydrogen-bond donors (Lipinski definition) is 1. The van der Waals surface area contributed by atoms with E-state index in [9.17, 15) is 9.59 Å². The maximum atomic E-state index is 12.4. The molecule has 1 amide bonds. The van der Waals surface area contributed by atoms with Crippen molar-refractivity contribution in [3.63, 3.8) is 0 Å². The predicted molar refractivity (Wildman–Crippen MR) is 122 cm³/mol. The summed E-state index contributed by atoms with van der Waals surface area (Å²) in [7, 11) is 0. The molecule has 0 radical (unpaired) electrons. The van der Waals surface area contributed by atoms with Crippen LogP contribution in [-0.4, -0.2) is 48.0 Å². The van der Waals surface area contributed by atoms with Crippen LogP contribution in [0.15, 0.2) is 36.8 Å². The van der Waals surface area contributed by atoms with Crippen molar-refractivity contribution in [3.8, 4) is 11.5 Å². The van der Waals surface area contributed by atoms with Crippen LogP contribution in [0.5, 0.6) is 0 Å². The van der Waals surface area contributed by atoms with Gasteiger partial charge in [0.05, 0.1) is 36.0 Å². The number of hydrogen-bond acceptors (Lipinski definition) is 7. The Kier molecular flexibility index (Phi) is 6.16. The topological polar surface area (TPSA) is 117 Å². The van der Waals surface area contributed by atoms with Gasteiger partial charge in [0.15, 0.2) is 11.5 Å². The number of rotatable bonds is 7. The number of ether oxygens (including phenoxy) is 1. The van der Waals surface area contributed by atoms with Gasteiger partial charge >= 0.3 is 5.97 Å². The highest BCUT2D eigenvalue weighted by atomic mass is 16.5. The highest BCUT2D eigenvalue weighted by molar-refractivity contribution is 5.93. The largest absolute Gasteiger partial charge is 0.466 e. The van der Waals surface area contributed by atoms with Crippen LogP contribution in [0.25, 0.3) is 22.5 Å². The van der Waals surface area contributed by atoms with Gasteiger partial charge in [0.25, 0.3) is 0 Å². The molecule has 0 unspecified atom stereocenters. The van der Waals surface area contributed by atoms with Gasteiger partial charge in [0.1, 0.15) is 12.1 Å². The molecule has 3 heterocycles. The number of aryl methyl sites for hydroxylation is 3. The Morgan fingerprint density at radius 1 is 1.06 bits per heavy atom. The number of esters is 1. The first-order valence-corrected chi connectivity index (χ1v) is 10.7. The minimum absolute atomic E-state index is 0.00682. The number of nitrogens with zero attached hydrogens (tertiary/aromatic N) is 6. The van der Waals surface area contributed by atoms with Gasteiger partial charge in [0, 0.05) is 12.5 Å². The van der Waals surface area contributed by atoms with Gasteiger partial charge in [-0.15, -0.1) is 0 Å². The SMILES string of the molecule is CCOC(=O)CCC(=O)Nc1cc(C)nn1-c1ncnc2c1cnn2-c1ccc(C)cc1C. The van der Waals surface area contributed by atoms with Crippen molar-refractivity contribution >= 4 is 28.7 Å². The van der Waals surface area contributed by atoms with Gasteiger partial charge in [0.2, 0.25) is 5.91 Å². The van der Waals surface area contributed by atoms with Gasteiger partial charge in [-0.1, -0.05) is 17.7 Å². The third kappa shape index (κ3) is 4.59. The molecule has 0 spiro atoms. The zero-order chi connectivity index (χ0) is 23.5. The zero-order valence-electron chi connectivity index (χ0n) is 19.0. The van der Waals surface area contributed by atoms with Crippen molar-refractivity contribution in [2.75, 3.05) is 11.9 Å². The maximum Gasteiger partial charge on any atom is 0.306 e. The number of carbonyl (C=O) groups is 2. The Morgan fingerprint density at radius 2 is 1.88 bits per heavy atom. The van der Waals surface area contributed by atoms with Crippen LogP contribution in [0.3, 0.4) is 0 Å². The molecule has 0 aliphatic heterocycles. The van der Waals surface area contributed by atoms with Crippen LogP contribution in [0.4, 0.5) is 5.82 Å². The highest BCUT2D eigenvalue weighted by Crippen LogP contribution is 2.25. The molecule has 0 saturated heterocycles. The number of aromatic nitrogens is 6. The molecule has 0 saturated carbocycles. The fourth-order valence-corrected chi connectivity index (χ4v) is 3.62. The number of nitrogens with one attached hydrogen (secondary N) is 1. The second-order valence-electron chi connectivity index (χ2n) is 7.72. The van der Waals surface area contributed by atoms with Gasteiger partial charge in [-0.2, -0.15) is 14.9 Å². The summed E-state index contributed by atoms with van der Waals surface area (Å²) >= 11 is 0. The summed E-state index contributed by atoms with van der Waals surface area (Å²) in [4.78, 5) is 32.8. The van der Waals surface area contributed by atoms with Gasteiger partial charge in [-0.25, -0.2) is 14.6 Å². The van der Waals surface area contributed by atoms with E-state index in [1.807, 2.05) is 32.9 Å². The number of fused-ring (bicyclic) bond motifs is 1. The maximum absolute atomic E-state index is 12.4. The monoisotopic (exact) mass is 447 g/mol. The molecule has 10 nitrogen and oxygen atoms in total. The molecule has 33 heavy (non-hydrogen) atoms. The first-order chi connectivity index (χ1) is 15.9. The lowest BCUT2D eigenvalue weighted by molar-refractivity contribution is -0.144. The lowest BCUT2D eigenvalue weighted by Gasteiger charge is -2.10. The average molecular weight is 447 g/mol. The van der Waals surface area contributed by atoms with Gasteiger partial charge in [-0.3, -0.25) is 9.59 Å². The van der Waals surface area contributed by atoms with Crippen LogP contribution in [0.1, 0.15) is 36.6 Å². The van der Waals surface area contributed by atoms with Crippen LogP contribution < -0.4 is 5.32 Å². The first-order valence-electron chi connectivity index (χ1n) is 10.7. The third-order valence-electron chi connectivity index (χ3n) is 5.09. The van der Waals surface area contributed by atoms with E-state index in [0.29, 0.717) is 28.4 Å². The Morgan fingerprint density at radius 3 is 2.64 bits per heavy atom. The molecular formula is C23H25N7O3. The van der Waals surface area contributed by atoms with E-state index in [4.69, 9.17) is 4.74 Å². The molecule has 4 aromatic rings. The van der Waals surface area contributed by atoms with Crippen LogP contribution in [0, 0.1) is 20.8 Å². The lowest BCUT2D eigenvalue weighted by atomic mass is 10.1. The molecule has 0 aliphatic rings. The highest BCUT2D eigenvalue weighted by Gasteiger charge is 2.18. The minimum atomic E-state index is -0.409. The minimum Gasteiger partial charge on any atom is -0.466 e. The molecule has 1 N–H and O–H groups in total. The van der Waals surface area contributed by atoms with Gasteiger partial charge < -0.3 is 10.1 Å². The Balaban J connectivity index is 1.67. The van der Waals surface area contributed by atoms with Crippen molar-refractivity contribution in [2.45, 2.75) is 40.5 Å². The molecule has 10 heteroatoms. The molecule has 0 fully saturated rings. The van der Waals surface area contributed by atoms with Crippen molar-refractivity contribution in [1.29, 1.82) is 0 Å². The molecular weight excluding hydrogens is 422 g/mol. The normalized spacial score (nSPS) is 11.0. The summed E-state index contributed by atoms with van der Waals surface area (Å²) in [5.74, 6) is 0.208. The molecule has 0 aliphatic carbocycles. The van der Waals surface area contributed by atoms with Gasteiger partial charge in [-0.05, 0) is 39.3 Å². The van der Waals surface area contributed by atoms with Crippen molar-refractivity contribution in [3.05, 3.63) is 53.6 Å². The molecule has 170 valence electrons. The number of anilines is 1. The average Bonchev–Trinajstić information content (AvgIpc) is 3.36. The van der Waals surface area contributed by atoms with E-state index in [-0.39, 0.29) is 25.4 Å².